The van der Waals surface area contributed by atoms with Gasteiger partial charge in [0, 0.05) is 41.1 Å². The van der Waals surface area contributed by atoms with Crippen molar-refractivity contribution in [3.63, 3.8) is 0 Å². The molecule has 1 aliphatic carbocycles. The zero-order chi connectivity index (χ0) is 30.9. The van der Waals surface area contributed by atoms with Crippen LogP contribution in [0.3, 0.4) is 0 Å². The van der Waals surface area contributed by atoms with Crippen molar-refractivity contribution in [2.45, 2.75) is 64.6 Å². The predicted molar refractivity (Wildman–Crippen MR) is 166 cm³/mol. The van der Waals surface area contributed by atoms with Crippen LogP contribution in [-0.4, -0.2) is 43.2 Å². The quantitative estimate of drug-likeness (QED) is 0.224. The van der Waals surface area contributed by atoms with Crippen LogP contribution >= 0.6 is 0 Å². The van der Waals surface area contributed by atoms with Gasteiger partial charge in [-0.2, -0.15) is 0 Å². The molecule has 0 spiro atoms. The number of esters is 1. The molecule has 226 valence electrons. The van der Waals surface area contributed by atoms with Gasteiger partial charge in [-0.15, -0.1) is 0 Å². The molecule has 0 unspecified atom stereocenters. The molecule has 1 aliphatic heterocycles. The number of fused-ring (bicyclic) bond motifs is 2. The third kappa shape index (κ3) is 6.44. The zero-order valence-corrected chi connectivity index (χ0v) is 25.4. The van der Waals surface area contributed by atoms with Crippen molar-refractivity contribution in [3.8, 4) is 22.6 Å². The number of carbonyl (C=O) groups is 1. The predicted octanol–water partition coefficient (Wildman–Crippen LogP) is 6.36. The Balaban J connectivity index is 1.40. The number of aryl methyl sites for hydroxylation is 2. The SMILES string of the molecule is COC(=O)C[C@@H]1COc2cc(O[C@@H]3CCc4c(-c5c(C)cc(C(C=NCC(C)(C)O)=CN)cc5C)ccc(F)c43)ccc21. The second-order valence-electron chi connectivity index (χ2n) is 12.0. The van der Waals surface area contributed by atoms with Crippen LogP contribution in [0.15, 0.2) is 53.7 Å². The number of nitrogens with two attached hydrogens (primary N) is 1. The number of methoxy groups -OCH3 is 1. The first-order valence-electron chi connectivity index (χ1n) is 14.6. The lowest BCUT2D eigenvalue weighted by atomic mass is 9.88. The van der Waals surface area contributed by atoms with Crippen molar-refractivity contribution in [1.29, 1.82) is 0 Å². The monoisotopic (exact) mass is 586 g/mol. The molecule has 0 bridgehead atoms. The van der Waals surface area contributed by atoms with E-state index in [2.05, 4.69) is 17.1 Å². The highest BCUT2D eigenvalue weighted by Crippen LogP contribution is 2.45. The van der Waals surface area contributed by atoms with E-state index in [-0.39, 0.29) is 30.7 Å². The van der Waals surface area contributed by atoms with Gasteiger partial charge in [0.15, 0.2) is 0 Å². The molecule has 3 aromatic carbocycles. The standard InChI is InChI=1S/C35H39FN2O5/c1-20-12-22(24(16-37)17-38-19-35(3,4)40)13-21(2)33(20)27-8-10-29(36)34-28(27)9-11-30(34)43-25-6-7-26-23(14-32(39)41-5)18-42-31(26)15-25/h6-8,10,12-13,15-17,23,30,40H,9,11,14,18-19,37H2,1-5H3/t23-,30-/m1/s1. The summed E-state index contributed by atoms with van der Waals surface area (Å²) >= 11 is 0. The van der Waals surface area contributed by atoms with E-state index in [1.807, 2.05) is 38.1 Å². The van der Waals surface area contributed by atoms with Gasteiger partial charge >= 0.3 is 5.97 Å². The molecule has 0 radical (unpaired) electrons. The van der Waals surface area contributed by atoms with Crippen LogP contribution in [0.1, 0.15) is 72.1 Å². The van der Waals surface area contributed by atoms with Gasteiger partial charge in [-0.05, 0) is 86.1 Å². The number of rotatable bonds is 9. The minimum atomic E-state index is -0.903. The van der Waals surface area contributed by atoms with Gasteiger partial charge in [0.2, 0.25) is 0 Å². The third-order valence-corrected chi connectivity index (χ3v) is 8.09. The molecule has 0 saturated heterocycles. The summed E-state index contributed by atoms with van der Waals surface area (Å²) in [7, 11) is 1.38. The van der Waals surface area contributed by atoms with Gasteiger partial charge in [0.1, 0.15) is 23.4 Å². The molecule has 5 rings (SSSR count). The Bertz CT molecular complexity index is 1580. The lowest BCUT2D eigenvalue weighted by Gasteiger charge is -2.19. The van der Waals surface area contributed by atoms with E-state index in [9.17, 15) is 9.90 Å². The van der Waals surface area contributed by atoms with Crippen molar-refractivity contribution in [1.82, 2.24) is 0 Å². The van der Waals surface area contributed by atoms with Gasteiger partial charge in [-0.1, -0.05) is 24.3 Å². The summed E-state index contributed by atoms with van der Waals surface area (Å²) in [6, 6.07) is 13.1. The second-order valence-corrected chi connectivity index (χ2v) is 12.0. The molecule has 3 N–H and O–H groups in total. The van der Waals surface area contributed by atoms with Crippen molar-refractivity contribution in [2.75, 3.05) is 20.3 Å². The Hall–Kier alpha value is -4.17. The maximum Gasteiger partial charge on any atom is 0.306 e. The summed E-state index contributed by atoms with van der Waals surface area (Å²) in [6.07, 6.45) is 4.37. The number of halogens is 1. The van der Waals surface area contributed by atoms with E-state index < -0.39 is 11.7 Å². The molecular formula is C35H39FN2O5. The first-order chi connectivity index (χ1) is 20.5. The number of ether oxygens (including phenoxy) is 3. The van der Waals surface area contributed by atoms with E-state index in [0.717, 1.165) is 44.5 Å². The maximum absolute atomic E-state index is 15.4. The van der Waals surface area contributed by atoms with Crippen molar-refractivity contribution < 1.29 is 28.5 Å². The largest absolute Gasteiger partial charge is 0.492 e. The number of nitrogens with zero attached hydrogens (tertiary/aromatic N) is 1. The fraction of sp³-hybridized carbons (Fsp3) is 0.371. The van der Waals surface area contributed by atoms with Crippen LogP contribution in [0.25, 0.3) is 16.7 Å². The van der Waals surface area contributed by atoms with Crippen molar-refractivity contribution in [2.24, 2.45) is 10.7 Å². The summed E-state index contributed by atoms with van der Waals surface area (Å²) in [5.74, 6) is 0.673. The molecule has 8 heteroatoms. The summed E-state index contributed by atoms with van der Waals surface area (Å²) in [5, 5.41) is 9.98. The Kier molecular flexibility index (Phi) is 8.60. The van der Waals surface area contributed by atoms with Crippen LogP contribution < -0.4 is 15.2 Å². The first kappa shape index (κ1) is 30.3. The second kappa shape index (κ2) is 12.2. The Morgan fingerprint density at radius 2 is 1.93 bits per heavy atom. The van der Waals surface area contributed by atoms with E-state index in [0.29, 0.717) is 36.5 Å². The van der Waals surface area contributed by atoms with E-state index in [4.69, 9.17) is 19.9 Å². The van der Waals surface area contributed by atoms with E-state index in [1.54, 1.807) is 20.1 Å². The molecule has 0 fully saturated rings. The number of allylic oxidation sites excluding steroid dienone is 1. The number of benzene rings is 3. The summed E-state index contributed by atoms with van der Waals surface area (Å²) in [6.45, 7) is 8.18. The zero-order valence-electron chi connectivity index (χ0n) is 25.4. The average Bonchev–Trinajstić information content (AvgIpc) is 3.56. The number of aliphatic hydroxyl groups is 1. The first-order valence-corrected chi connectivity index (χ1v) is 14.6. The number of aliphatic imine (C=N–C) groups is 1. The van der Waals surface area contributed by atoms with Gasteiger partial charge in [0.05, 0.1) is 32.3 Å². The highest BCUT2D eigenvalue weighted by Gasteiger charge is 2.32. The highest BCUT2D eigenvalue weighted by atomic mass is 19.1. The highest BCUT2D eigenvalue weighted by molar-refractivity contribution is 6.10. The summed E-state index contributed by atoms with van der Waals surface area (Å²) < 4.78 is 32.4. The van der Waals surface area contributed by atoms with Crippen LogP contribution in [0.4, 0.5) is 4.39 Å². The number of hydrogen-bond donors (Lipinski definition) is 2. The van der Waals surface area contributed by atoms with Crippen molar-refractivity contribution in [3.05, 3.63) is 87.9 Å². The normalized spacial score (nSPS) is 18.0. The fourth-order valence-electron chi connectivity index (χ4n) is 6.11. The van der Waals surface area contributed by atoms with Crippen LogP contribution in [0.2, 0.25) is 0 Å². The smallest absolute Gasteiger partial charge is 0.306 e. The van der Waals surface area contributed by atoms with Gasteiger partial charge in [0.25, 0.3) is 0 Å². The minimum Gasteiger partial charge on any atom is -0.492 e. The van der Waals surface area contributed by atoms with E-state index in [1.165, 1.54) is 19.4 Å². The molecule has 2 aliphatic rings. The lowest BCUT2D eigenvalue weighted by molar-refractivity contribution is -0.141. The minimum absolute atomic E-state index is 0.0574. The fourth-order valence-corrected chi connectivity index (χ4v) is 6.11. The lowest BCUT2D eigenvalue weighted by Crippen LogP contribution is -2.22. The number of carbonyl (C=O) groups excluding carboxylic acids is 1. The molecule has 43 heavy (non-hydrogen) atoms. The van der Waals surface area contributed by atoms with Gasteiger partial charge in [-0.3, -0.25) is 9.79 Å². The number of hydrogen-bond acceptors (Lipinski definition) is 7. The van der Waals surface area contributed by atoms with Crippen molar-refractivity contribution >= 4 is 17.8 Å². The third-order valence-electron chi connectivity index (χ3n) is 8.09. The molecule has 0 amide bonds. The van der Waals surface area contributed by atoms with E-state index >= 15 is 4.39 Å². The Morgan fingerprint density at radius 1 is 1.19 bits per heavy atom. The molecule has 0 saturated carbocycles. The van der Waals surface area contributed by atoms with Crippen LogP contribution in [-0.2, 0) is 16.0 Å². The molecule has 0 aromatic heterocycles. The van der Waals surface area contributed by atoms with Gasteiger partial charge in [-0.25, -0.2) is 4.39 Å². The molecule has 3 aromatic rings. The molecule has 1 heterocycles. The Morgan fingerprint density at radius 3 is 2.60 bits per heavy atom. The Labute approximate surface area is 252 Å². The maximum atomic E-state index is 15.4. The average molecular weight is 587 g/mol. The van der Waals surface area contributed by atoms with Crippen LogP contribution in [0, 0.1) is 19.7 Å². The molecular weight excluding hydrogens is 547 g/mol. The molecule has 2 atom stereocenters. The summed E-state index contributed by atoms with van der Waals surface area (Å²) in [5.41, 5.74) is 13.4. The molecule has 7 nitrogen and oxygen atoms in total. The van der Waals surface area contributed by atoms with Crippen LogP contribution in [0.5, 0.6) is 11.5 Å². The van der Waals surface area contributed by atoms with Gasteiger partial charge < -0.3 is 25.1 Å². The summed E-state index contributed by atoms with van der Waals surface area (Å²) in [4.78, 5) is 16.1. The topological polar surface area (TPSA) is 103 Å².